The second kappa shape index (κ2) is 16.1. The van der Waals surface area contributed by atoms with E-state index >= 15 is 0 Å². The molecular weight excluding hydrogens is 914 g/mol. The first-order valence-corrected chi connectivity index (χ1v) is 20.1. The Bertz CT molecular complexity index is 3160. The number of phenolic OH excluding ortho intramolecular Hbond substituents is 1. The number of hydrogen-bond donors (Lipinski definition) is 1. The summed E-state index contributed by atoms with van der Waals surface area (Å²) in [6.45, 7) is 16.8. The van der Waals surface area contributed by atoms with E-state index in [1.807, 2.05) is 30.3 Å². The summed E-state index contributed by atoms with van der Waals surface area (Å²) < 4.78 is 60.5. The largest absolute Gasteiger partial charge is 0.507 e. The van der Waals surface area contributed by atoms with Crippen LogP contribution in [-0.2, 0) is 37.3 Å². The molecule has 0 radical (unpaired) electrons. The van der Waals surface area contributed by atoms with Crippen LogP contribution in [0.25, 0.3) is 72.7 Å². The molecule has 0 saturated carbocycles. The molecule has 5 heteroatoms. The smallest absolute Gasteiger partial charge is 0.148 e. The summed E-state index contributed by atoms with van der Waals surface area (Å²) in [6.07, 6.45) is 1.55. The van der Waals surface area contributed by atoms with Crippen molar-refractivity contribution in [3.8, 4) is 67.5 Å². The van der Waals surface area contributed by atoms with Crippen LogP contribution in [0.5, 0.6) is 5.75 Å². The van der Waals surface area contributed by atoms with Crippen LogP contribution in [0.4, 0.5) is 0 Å². The number of pyridine rings is 1. The second-order valence-electron chi connectivity index (χ2n) is 18.4. The summed E-state index contributed by atoms with van der Waals surface area (Å²) in [4.78, 5) is 10.1. The number of rotatable bonds is 6. The van der Waals surface area contributed by atoms with Crippen LogP contribution in [0, 0.1) is 12.9 Å². The number of aromatic nitrogens is 3. The fraction of sp³-hybridized carbons (Fsp3) is 0.236. The zero-order chi connectivity index (χ0) is 47.8. The maximum atomic E-state index is 11.5. The van der Waals surface area contributed by atoms with Gasteiger partial charge in [-0.25, -0.2) is 4.98 Å². The van der Waals surface area contributed by atoms with E-state index in [1.54, 1.807) is 30.5 Å². The van der Waals surface area contributed by atoms with Crippen LogP contribution in [0.15, 0.2) is 140 Å². The Labute approximate surface area is 380 Å². The molecule has 60 heavy (non-hydrogen) atoms. The van der Waals surface area contributed by atoms with E-state index in [2.05, 4.69) is 128 Å². The standard InChI is InChI=1S/C55H54N3O.Pt/c1-35-18-20-36(21-19-35)38-28-29-56-47(33-38)40-30-39(31-43(32-40)55(8,9)10)44-15-13-16-49-51(44)57-52(45-14-11-12-17-50(45)59)58(49)48-27-26-42(54(5,6)7)34-46(48)37-22-24-41(25-23-37)53(2,3)4;/h11-29,31-34,59H,1-10H3;/q-1;/i1D3,18D,19D,20D,21D;. The molecule has 0 aliphatic carbocycles. The van der Waals surface area contributed by atoms with Crippen LogP contribution in [0.3, 0.4) is 0 Å². The Morgan fingerprint density at radius 3 is 1.92 bits per heavy atom. The van der Waals surface area contributed by atoms with Crippen molar-refractivity contribution in [2.24, 2.45) is 0 Å². The van der Waals surface area contributed by atoms with Gasteiger partial charge in [0.2, 0.25) is 0 Å². The maximum Gasteiger partial charge on any atom is 0.148 e. The Balaban J connectivity index is 0.00000666. The Morgan fingerprint density at radius 2 is 1.25 bits per heavy atom. The molecule has 0 bridgehead atoms. The van der Waals surface area contributed by atoms with Crippen molar-refractivity contribution in [3.63, 3.8) is 0 Å². The van der Waals surface area contributed by atoms with Crippen LogP contribution in [0.2, 0.25) is 0 Å². The summed E-state index contributed by atoms with van der Waals surface area (Å²) in [6, 6.07) is 37.7. The van der Waals surface area contributed by atoms with Gasteiger partial charge in [-0.2, -0.15) is 0 Å². The molecule has 6 aromatic carbocycles. The first-order valence-electron chi connectivity index (χ1n) is 23.6. The Hall–Kier alpha value is -5.57. The molecule has 8 rings (SSSR count). The molecule has 0 saturated heterocycles. The fourth-order valence-corrected chi connectivity index (χ4v) is 7.46. The molecule has 2 aromatic heterocycles. The summed E-state index contributed by atoms with van der Waals surface area (Å²) in [5.41, 5.74) is 10.4. The number of fused-ring (bicyclic) bond motifs is 1. The van der Waals surface area contributed by atoms with Gasteiger partial charge in [0.15, 0.2) is 0 Å². The number of hydrogen-bond acceptors (Lipinski definition) is 3. The van der Waals surface area contributed by atoms with Crippen LogP contribution in [-0.4, -0.2) is 19.6 Å². The summed E-state index contributed by atoms with van der Waals surface area (Å²) in [5, 5.41) is 11.5. The number of benzene rings is 6. The van der Waals surface area contributed by atoms with E-state index in [0.717, 1.165) is 39.0 Å². The molecule has 4 nitrogen and oxygen atoms in total. The molecule has 0 unspecified atom stereocenters. The van der Waals surface area contributed by atoms with Crippen molar-refractivity contribution in [3.05, 3.63) is 168 Å². The van der Waals surface area contributed by atoms with Crippen molar-refractivity contribution >= 4 is 11.0 Å². The molecule has 0 atom stereocenters. The van der Waals surface area contributed by atoms with Crippen molar-refractivity contribution in [1.82, 2.24) is 14.5 Å². The number of aromatic hydroxyl groups is 1. The SMILES string of the molecule is [2H]c1c([2H])c(C([2H])([2H])[2H])c([2H])c([2H])c1-c1ccnc(-c2[c-]c(-c3cccc4c3nc(-c3ccccc3O)n4-c3ccc(C(C)(C)C)cc3-c3ccc(C(C)(C)C)cc3)cc(C(C)(C)C)c2)c1.[Pt]. The van der Waals surface area contributed by atoms with Gasteiger partial charge in [0, 0.05) is 42.6 Å². The normalized spacial score (nSPS) is 14.0. The molecule has 8 aromatic rings. The third-order valence-corrected chi connectivity index (χ3v) is 11.0. The molecule has 306 valence electrons. The number of phenols is 1. The first-order chi connectivity index (χ1) is 30.8. The van der Waals surface area contributed by atoms with Gasteiger partial charge in [-0.05, 0) is 87.3 Å². The van der Waals surface area contributed by atoms with Gasteiger partial charge in [0.1, 0.15) is 11.6 Å². The zero-order valence-electron chi connectivity index (χ0n) is 42.6. The van der Waals surface area contributed by atoms with Gasteiger partial charge in [-0.1, -0.05) is 164 Å². The van der Waals surface area contributed by atoms with Crippen molar-refractivity contribution < 1.29 is 35.8 Å². The molecular formula is C55H54N3OPt-. The number of nitrogens with zero attached hydrogens (tertiary/aromatic N) is 3. The van der Waals surface area contributed by atoms with Crippen molar-refractivity contribution in [2.45, 2.75) is 85.4 Å². The zero-order valence-corrected chi connectivity index (χ0v) is 37.8. The van der Waals surface area contributed by atoms with E-state index in [1.165, 1.54) is 11.1 Å². The fourth-order valence-electron chi connectivity index (χ4n) is 7.46. The molecule has 1 N–H and O–H groups in total. The van der Waals surface area contributed by atoms with Gasteiger partial charge < -0.3 is 5.11 Å². The monoisotopic (exact) mass is 974 g/mol. The average Bonchev–Trinajstić information content (AvgIpc) is 3.64. The average molecular weight is 975 g/mol. The third-order valence-electron chi connectivity index (χ3n) is 11.0. The topological polar surface area (TPSA) is 50.9 Å². The van der Waals surface area contributed by atoms with E-state index in [4.69, 9.17) is 19.6 Å². The van der Waals surface area contributed by atoms with Crippen LogP contribution in [0.1, 0.15) is 94.2 Å². The van der Waals surface area contributed by atoms with Gasteiger partial charge in [0.05, 0.1) is 27.8 Å². The minimum absolute atomic E-state index is 0. The van der Waals surface area contributed by atoms with Crippen LogP contribution >= 0.6 is 0 Å². The maximum absolute atomic E-state index is 11.5. The van der Waals surface area contributed by atoms with Crippen molar-refractivity contribution in [2.75, 3.05) is 0 Å². The second-order valence-corrected chi connectivity index (χ2v) is 18.4. The minimum Gasteiger partial charge on any atom is -0.507 e. The van der Waals surface area contributed by atoms with E-state index in [-0.39, 0.29) is 48.6 Å². The van der Waals surface area contributed by atoms with Crippen molar-refractivity contribution in [1.29, 1.82) is 0 Å². The Kier molecular flexibility index (Phi) is 9.19. The Morgan fingerprint density at radius 1 is 0.600 bits per heavy atom. The summed E-state index contributed by atoms with van der Waals surface area (Å²) in [5.74, 6) is 0.667. The molecule has 0 amide bonds. The van der Waals surface area contributed by atoms with Gasteiger partial charge in [-0.15, -0.1) is 29.3 Å². The molecule has 0 spiro atoms. The van der Waals surface area contributed by atoms with Gasteiger partial charge in [-0.3, -0.25) is 9.55 Å². The number of para-hydroxylation sites is 2. The molecule has 0 aliphatic heterocycles. The van der Waals surface area contributed by atoms with E-state index in [0.29, 0.717) is 33.7 Å². The summed E-state index contributed by atoms with van der Waals surface area (Å²) in [7, 11) is 0. The van der Waals surface area contributed by atoms with E-state index in [9.17, 15) is 5.11 Å². The van der Waals surface area contributed by atoms with E-state index < -0.39 is 36.6 Å². The predicted molar refractivity (Wildman–Crippen MR) is 247 cm³/mol. The first kappa shape index (κ1) is 34.2. The molecule has 0 aliphatic rings. The third kappa shape index (κ3) is 8.41. The van der Waals surface area contributed by atoms with Crippen LogP contribution < -0.4 is 0 Å². The quantitative estimate of drug-likeness (QED) is 0.169. The molecule has 0 fully saturated rings. The predicted octanol–water partition coefficient (Wildman–Crippen LogP) is 14.5. The minimum atomic E-state index is -2.82. The number of imidazole rings is 1. The summed E-state index contributed by atoms with van der Waals surface area (Å²) >= 11 is 0. The van der Waals surface area contributed by atoms with Gasteiger partial charge >= 0.3 is 0 Å². The molecule has 2 heterocycles. The van der Waals surface area contributed by atoms with Gasteiger partial charge in [0.25, 0.3) is 0 Å².